The van der Waals surface area contributed by atoms with Crippen LogP contribution in [0.4, 0.5) is 6.01 Å². The lowest BCUT2D eigenvalue weighted by Crippen LogP contribution is -2.19. The maximum atomic E-state index is 8.94. The first-order valence-corrected chi connectivity index (χ1v) is 6.57. The first kappa shape index (κ1) is 13.8. The molecule has 0 bridgehead atoms. The van der Waals surface area contributed by atoms with Crippen molar-refractivity contribution in [3.05, 3.63) is 29.3 Å². The van der Waals surface area contributed by atoms with Gasteiger partial charge in [-0.15, -0.1) is 0 Å². The first-order chi connectivity index (χ1) is 9.22. The maximum Gasteiger partial charge on any atom is 0.322 e. The molecule has 0 saturated carbocycles. The van der Waals surface area contributed by atoms with Gasteiger partial charge in [0.25, 0.3) is 0 Å². The smallest absolute Gasteiger partial charge is 0.322 e. The van der Waals surface area contributed by atoms with E-state index in [0.29, 0.717) is 23.3 Å². The average Bonchev–Trinajstić information content (AvgIpc) is 2.87. The fraction of sp³-hybridized carbons (Fsp3) is 0.385. The van der Waals surface area contributed by atoms with E-state index in [1.807, 2.05) is 19.1 Å². The fourth-order valence-electron chi connectivity index (χ4n) is 1.74. The molecule has 0 fully saturated rings. The van der Waals surface area contributed by atoms with E-state index in [2.05, 4.69) is 15.5 Å². The Morgan fingerprint density at radius 1 is 1.47 bits per heavy atom. The highest BCUT2D eigenvalue weighted by atomic mass is 35.5. The molecule has 19 heavy (non-hydrogen) atoms. The number of aromatic nitrogens is 2. The van der Waals surface area contributed by atoms with Crippen molar-refractivity contribution >= 4 is 17.6 Å². The van der Waals surface area contributed by atoms with E-state index in [-0.39, 0.29) is 12.6 Å². The minimum absolute atomic E-state index is 0.123. The van der Waals surface area contributed by atoms with Gasteiger partial charge >= 0.3 is 6.01 Å². The first-order valence-electron chi connectivity index (χ1n) is 6.20. The molecule has 0 aliphatic carbocycles. The molecular formula is C13H16ClN3O2. The molecule has 0 aliphatic rings. The second kappa shape index (κ2) is 6.54. The van der Waals surface area contributed by atoms with Gasteiger partial charge in [-0.25, -0.2) is 0 Å². The average molecular weight is 282 g/mol. The fourth-order valence-corrected chi connectivity index (χ4v) is 1.93. The van der Waals surface area contributed by atoms with Gasteiger partial charge in [0.15, 0.2) is 0 Å². The zero-order valence-corrected chi connectivity index (χ0v) is 11.4. The van der Waals surface area contributed by atoms with E-state index in [1.54, 1.807) is 12.1 Å². The number of aliphatic hydroxyl groups excluding tert-OH is 1. The van der Waals surface area contributed by atoms with Crippen LogP contribution in [-0.4, -0.2) is 27.9 Å². The van der Waals surface area contributed by atoms with Gasteiger partial charge in [-0.2, -0.15) is 4.98 Å². The monoisotopic (exact) mass is 281 g/mol. The summed E-state index contributed by atoms with van der Waals surface area (Å²) in [6.45, 7) is 2.16. The van der Waals surface area contributed by atoms with Gasteiger partial charge in [-0.3, -0.25) is 0 Å². The van der Waals surface area contributed by atoms with Crippen LogP contribution >= 0.6 is 11.6 Å². The molecule has 102 valence electrons. The third-order valence-electron chi connectivity index (χ3n) is 2.81. The van der Waals surface area contributed by atoms with E-state index >= 15 is 0 Å². The number of rotatable bonds is 6. The predicted molar refractivity (Wildman–Crippen MR) is 74.1 cm³/mol. The zero-order chi connectivity index (χ0) is 13.7. The summed E-state index contributed by atoms with van der Waals surface area (Å²) in [4.78, 5) is 4.26. The van der Waals surface area contributed by atoms with E-state index in [0.717, 1.165) is 12.0 Å². The maximum absolute atomic E-state index is 8.94. The van der Waals surface area contributed by atoms with Crippen molar-refractivity contribution in [3.8, 4) is 11.4 Å². The molecule has 0 saturated heterocycles. The molecule has 1 aromatic heterocycles. The summed E-state index contributed by atoms with van der Waals surface area (Å²) in [6.07, 6.45) is 1.51. The Kier molecular flexibility index (Phi) is 4.76. The lowest BCUT2D eigenvalue weighted by atomic mass is 10.2. The standard InChI is InChI=1S/C13H16ClN3O2/c1-2-11(6-7-18)15-13-16-12(17-19-13)9-4-3-5-10(14)8-9/h3-5,8,11,18H,2,6-7H2,1H3,(H,15,16,17). The Balaban J connectivity index is 2.10. The number of nitrogens with zero attached hydrogens (tertiary/aromatic N) is 2. The summed E-state index contributed by atoms with van der Waals surface area (Å²) < 4.78 is 5.14. The molecule has 1 atom stereocenters. The van der Waals surface area contributed by atoms with E-state index in [4.69, 9.17) is 21.2 Å². The van der Waals surface area contributed by atoms with Crippen molar-refractivity contribution in [2.75, 3.05) is 11.9 Å². The molecule has 0 amide bonds. The quantitative estimate of drug-likeness (QED) is 0.852. The normalized spacial score (nSPS) is 12.4. The second-order valence-electron chi connectivity index (χ2n) is 4.20. The van der Waals surface area contributed by atoms with Gasteiger partial charge in [0.1, 0.15) is 0 Å². The number of anilines is 1. The molecule has 0 radical (unpaired) electrons. The second-order valence-corrected chi connectivity index (χ2v) is 4.63. The third-order valence-corrected chi connectivity index (χ3v) is 3.04. The molecule has 1 heterocycles. The topological polar surface area (TPSA) is 71.2 Å². The highest BCUT2D eigenvalue weighted by molar-refractivity contribution is 6.30. The van der Waals surface area contributed by atoms with Crippen LogP contribution in [0.25, 0.3) is 11.4 Å². The van der Waals surface area contributed by atoms with E-state index in [9.17, 15) is 0 Å². The van der Waals surface area contributed by atoms with E-state index in [1.165, 1.54) is 0 Å². The molecule has 6 heteroatoms. The van der Waals surface area contributed by atoms with Crippen molar-refractivity contribution < 1.29 is 9.63 Å². The Labute approximate surface area is 116 Å². The number of nitrogens with one attached hydrogen (secondary N) is 1. The largest absolute Gasteiger partial charge is 0.396 e. The Bertz CT molecular complexity index is 530. The molecule has 0 aliphatic heterocycles. The van der Waals surface area contributed by atoms with Crippen molar-refractivity contribution in [2.45, 2.75) is 25.8 Å². The highest BCUT2D eigenvalue weighted by Crippen LogP contribution is 2.21. The van der Waals surface area contributed by atoms with Crippen LogP contribution in [0.1, 0.15) is 19.8 Å². The van der Waals surface area contributed by atoms with Gasteiger partial charge in [0.2, 0.25) is 5.82 Å². The molecular weight excluding hydrogens is 266 g/mol. The predicted octanol–water partition coefficient (Wildman–Crippen LogP) is 2.96. The van der Waals surface area contributed by atoms with Crippen LogP contribution in [0.15, 0.2) is 28.8 Å². The molecule has 1 aromatic carbocycles. The van der Waals surface area contributed by atoms with Crippen molar-refractivity contribution in [2.24, 2.45) is 0 Å². The minimum Gasteiger partial charge on any atom is -0.396 e. The molecule has 2 aromatic rings. The van der Waals surface area contributed by atoms with Crippen LogP contribution in [0, 0.1) is 0 Å². The summed E-state index contributed by atoms with van der Waals surface area (Å²) in [5, 5.41) is 16.6. The van der Waals surface area contributed by atoms with Crippen molar-refractivity contribution in [3.63, 3.8) is 0 Å². The lowest BCUT2D eigenvalue weighted by molar-refractivity contribution is 0.276. The van der Waals surface area contributed by atoms with Gasteiger partial charge in [0, 0.05) is 23.2 Å². The number of aliphatic hydroxyl groups is 1. The SMILES string of the molecule is CCC(CCO)Nc1nc(-c2cccc(Cl)c2)no1. The number of halogens is 1. The van der Waals surface area contributed by atoms with Gasteiger partial charge in [-0.05, 0) is 25.0 Å². The zero-order valence-electron chi connectivity index (χ0n) is 10.6. The molecule has 0 spiro atoms. The van der Waals surface area contributed by atoms with Gasteiger partial charge < -0.3 is 14.9 Å². The van der Waals surface area contributed by atoms with Crippen LogP contribution in [0.3, 0.4) is 0 Å². The number of benzene rings is 1. The summed E-state index contributed by atoms with van der Waals surface area (Å²) in [6, 6.07) is 7.75. The number of hydrogen-bond donors (Lipinski definition) is 2. The van der Waals surface area contributed by atoms with Gasteiger partial charge in [0.05, 0.1) is 0 Å². The van der Waals surface area contributed by atoms with Crippen LogP contribution in [-0.2, 0) is 0 Å². The highest BCUT2D eigenvalue weighted by Gasteiger charge is 2.12. The summed E-state index contributed by atoms with van der Waals surface area (Å²) >= 11 is 5.92. The number of hydrogen-bond acceptors (Lipinski definition) is 5. The summed E-state index contributed by atoms with van der Waals surface area (Å²) in [5.41, 5.74) is 0.805. The minimum atomic E-state index is 0.123. The molecule has 5 nitrogen and oxygen atoms in total. The summed E-state index contributed by atoms with van der Waals surface area (Å²) in [7, 11) is 0. The Morgan fingerprint density at radius 2 is 2.32 bits per heavy atom. The molecule has 2 rings (SSSR count). The molecule has 2 N–H and O–H groups in total. The molecule has 1 unspecified atom stereocenters. The van der Waals surface area contributed by atoms with Crippen molar-refractivity contribution in [1.29, 1.82) is 0 Å². The van der Waals surface area contributed by atoms with Crippen LogP contribution in [0.2, 0.25) is 5.02 Å². The Morgan fingerprint density at radius 3 is 3.00 bits per heavy atom. The summed E-state index contributed by atoms with van der Waals surface area (Å²) in [5.74, 6) is 0.490. The Hall–Kier alpha value is -1.59. The third kappa shape index (κ3) is 3.68. The van der Waals surface area contributed by atoms with Crippen LogP contribution < -0.4 is 5.32 Å². The lowest BCUT2D eigenvalue weighted by Gasteiger charge is -2.12. The van der Waals surface area contributed by atoms with Gasteiger partial charge in [-0.1, -0.05) is 35.8 Å². The van der Waals surface area contributed by atoms with Crippen LogP contribution in [0.5, 0.6) is 0 Å². The van der Waals surface area contributed by atoms with Crippen molar-refractivity contribution in [1.82, 2.24) is 10.1 Å². The van der Waals surface area contributed by atoms with E-state index < -0.39 is 0 Å².